The Morgan fingerprint density at radius 1 is 0.771 bits per heavy atom. The summed E-state index contributed by atoms with van der Waals surface area (Å²) in [6.45, 7) is 6.81. The van der Waals surface area contributed by atoms with Crippen LogP contribution in [0.15, 0.2) is 84.9 Å². The molecule has 0 bridgehead atoms. The van der Waals surface area contributed by atoms with Crippen molar-refractivity contribution in [1.82, 2.24) is 20.0 Å². The van der Waals surface area contributed by atoms with Gasteiger partial charge in [0, 0.05) is 39.1 Å². The molecular formula is C29H32N4O2. The summed E-state index contributed by atoms with van der Waals surface area (Å²) < 4.78 is 0. The van der Waals surface area contributed by atoms with E-state index >= 15 is 0 Å². The maximum absolute atomic E-state index is 13.9. The molecule has 0 aromatic heterocycles. The van der Waals surface area contributed by atoms with Crippen LogP contribution in [0.25, 0.3) is 0 Å². The van der Waals surface area contributed by atoms with Gasteiger partial charge in [0.05, 0.1) is 6.67 Å². The van der Waals surface area contributed by atoms with Crippen LogP contribution < -0.4 is 5.32 Å². The molecule has 1 atom stereocenters. The normalized spacial score (nSPS) is 21.3. The lowest BCUT2D eigenvalue weighted by atomic mass is 9.83. The van der Waals surface area contributed by atoms with Crippen molar-refractivity contribution in [2.24, 2.45) is 0 Å². The number of aryl methyl sites for hydroxylation is 1. The Balaban J connectivity index is 1.28. The predicted molar refractivity (Wildman–Crippen MR) is 137 cm³/mol. The molecule has 1 unspecified atom stereocenters. The minimum Gasteiger partial charge on any atom is -0.319 e. The number of urea groups is 1. The highest BCUT2D eigenvalue weighted by atomic mass is 16.2. The summed E-state index contributed by atoms with van der Waals surface area (Å²) in [6.07, 6.45) is 0.420. The van der Waals surface area contributed by atoms with Gasteiger partial charge in [-0.15, -0.1) is 0 Å². The molecule has 3 amide bonds. The van der Waals surface area contributed by atoms with Crippen molar-refractivity contribution < 1.29 is 9.59 Å². The Morgan fingerprint density at radius 3 is 2.09 bits per heavy atom. The molecule has 2 heterocycles. The largest absolute Gasteiger partial charge is 0.326 e. The number of nitrogens with zero attached hydrogens (tertiary/aromatic N) is 3. The van der Waals surface area contributed by atoms with Crippen molar-refractivity contribution in [3.63, 3.8) is 0 Å². The molecule has 0 aliphatic carbocycles. The van der Waals surface area contributed by atoms with Crippen LogP contribution in [0.3, 0.4) is 0 Å². The number of rotatable bonds is 7. The highest BCUT2D eigenvalue weighted by Crippen LogP contribution is 2.33. The molecule has 2 saturated heterocycles. The molecule has 2 fully saturated rings. The van der Waals surface area contributed by atoms with E-state index in [2.05, 4.69) is 46.3 Å². The van der Waals surface area contributed by atoms with Gasteiger partial charge in [0.25, 0.3) is 5.91 Å². The topological polar surface area (TPSA) is 55.9 Å². The average Bonchev–Trinajstić information content (AvgIpc) is 3.11. The van der Waals surface area contributed by atoms with Gasteiger partial charge in [-0.25, -0.2) is 9.69 Å². The fraction of sp³-hybridized carbons (Fsp3) is 0.310. The average molecular weight is 469 g/mol. The fourth-order valence-electron chi connectivity index (χ4n) is 5.15. The van der Waals surface area contributed by atoms with Gasteiger partial charge in [-0.3, -0.25) is 14.6 Å². The SMILES string of the molecule is Cc1cccc(CN2CCN(CN3C(=O)NC(Cc4ccccc4)(c4ccccc4)C3=O)CC2)c1. The van der Waals surface area contributed by atoms with Crippen molar-refractivity contribution in [1.29, 1.82) is 0 Å². The van der Waals surface area contributed by atoms with Crippen LogP contribution in [0.5, 0.6) is 0 Å². The zero-order chi connectivity index (χ0) is 24.3. The molecule has 6 heteroatoms. The zero-order valence-corrected chi connectivity index (χ0v) is 20.2. The van der Waals surface area contributed by atoms with Crippen molar-refractivity contribution in [2.45, 2.75) is 25.4 Å². The third-order valence-corrected chi connectivity index (χ3v) is 7.05. The van der Waals surface area contributed by atoms with E-state index in [4.69, 9.17) is 0 Å². The smallest absolute Gasteiger partial charge is 0.319 e. The van der Waals surface area contributed by atoms with Crippen molar-refractivity contribution >= 4 is 11.9 Å². The van der Waals surface area contributed by atoms with Crippen LogP contribution in [-0.4, -0.2) is 59.5 Å². The standard InChI is InChI=1S/C29H32N4O2/c1-23-9-8-12-25(19-23)21-31-15-17-32(18-16-31)22-33-27(34)29(30-28(33)35,26-13-6-3-7-14-26)20-24-10-4-2-5-11-24/h2-14,19H,15-18,20-22H2,1H3,(H,30,35). The lowest BCUT2D eigenvalue weighted by Gasteiger charge is -2.36. The Morgan fingerprint density at radius 2 is 1.40 bits per heavy atom. The highest BCUT2D eigenvalue weighted by Gasteiger charge is 2.52. The van der Waals surface area contributed by atoms with E-state index in [9.17, 15) is 9.59 Å². The lowest BCUT2D eigenvalue weighted by molar-refractivity contribution is -0.133. The molecule has 0 spiro atoms. The molecule has 0 radical (unpaired) electrons. The van der Waals surface area contributed by atoms with Crippen LogP contribution in [0, 0.1) is 6.92 Å². The van der Waals surface area contributed by atoms with Crippen molar-refractivity contribution in [3.8, 4) is 0 Å². The Kier molecular flexibility index (Phi) is 6.66. The second kappa shape index (κ2) is 10.0. The first-order valence-corrected chi connectivity index (χ1v) is 12.3. The van der Waals surface area contributed by atoms with Gasteiger partial charge in [-0.1, -0.05) is 90.5 Å². The molecule has 35 heavy (non-hydrogen) atoms. The number of carbonyl (C=O) groups excluding carboxylic acids is 2. The molecule has 3 aromatic rings. The molecule has 1 N–H and O–H groups in total. The van der Waals surface area contributed by atoms with Gasteiger partial charge < -0.3 is 5.32 Å². The molecule has 2 aliphatic heterocycles. The second-order valence-corrected chi connectivity index (χ2v) is 9.62. The first kappa shape index (κ1) is 23.3. The zero-order valence-electron chi connectivity index (χ0n) is 20.2. The Hall–Kier alpha value is -3.48. The number of carbonyl (C=O) groups is 2. The number of hydrogen-bond acceptors (Lipinski definition) is 4. The van der Waals surface area contributed by atoms with E-state index < -0.39 is 5.54 Å². The minimum atomic E-state index is -1.09. The van der Waals surface area contributed by atoms with Gasteiger partial charge in [0.2, 0.25) is 0 Å². The van der Waals surface area contributed by atoms with Crippen molar-refractivity contribution in [2.75, 3.05) is 32.8 Å². The van der Waals surface area contributed by atoms with E-state index in [1.54, 1.807) is 0 Å². The summed E-state index contributed by atoms with van der Waals surface area (Å²) in [5, 5.41) is 3.07. The van der Waals surface area contributed by atoms with Crippen LogP contribution in [0.1, 0.15) is 22.3 Å². The Bertz CT molecular complexity index is 1180. The number of amides is 3. The van der Waals surface area contributed by atoms with Gasteiger partial charge >= 0.3 is 6.03 Å². The maximum atomic E-state index is 13.9. The first-order chi connectivity index (χ1) is 17.0. The summed E-state index contributed by atoms with van der Waals surface area (Å²) in [5.74, 6) is -0.181. The predicted octanol–water partition coefficient (Wildman–Crippen LogP) is 3.76. The fourth-order valence-corrected chi connectivity index (χ4v) is 5.15. The van der Waals surface area contributed by atoms with Gasteiger partial charge in [0.15, 0.2) is 5.54 Å². The molecule has 180 valence electrons. The number of hydrogen-bond donors (Lipinski definition) is 1. The van der Waals surface area contributed by atoms with Crippen molar-refractivity contribution in [3.05, 3.63) is 107 Å². The molecule has 0 saturated carbocycles. The van der Waals surface area contributed by atoms with Crippen LogP contribution >= 0.6 is 0 Å². The molecule has 3 aromatic carbocycles. The molecule has 6 nitrogen and oxygen atoms in total. The van der Waals surface area contributed by atoms with E-state index in [0.29, 0.717) is 13.1 Å². The van der Waals surface area contributed by atoms with E-state index in [0.717, 1.165) is 43.9 Å². The third-order valence-electron chi connectivity index (χ3n) is 7.05. The molecule has 2 aliphatic rings. The molecule has 5 rings (SSSR count). The monoisotopic (exact) mass is 468 g/mol. The third kappa shape index (κ3) is 4.99. The maximum Gasteiger partial charge on any atom is 0.326 e. The number of nitrogens with one attached hydrogen (secondary N) is 1. The summed E-state index contributed by atoms with van der Waals surface area (Å²) in [4.78, 5) is 33.0. The quantitative estimate of drug-likeness (QED) is 0.537. The summed E-state index contributed by atoms with van der Waals surface area (Å²) in [5.41, 5.74) is 3.33. The lowest BCUT2D eigenvalue weighted by Crippen LogP contribution is -2.51. The Labute approximate surface area is 207 Å². The minimum absolute atomic E-state index is 0.181. The van der Waals surface area contributed by atoms with Crippen LogP contribution in [0.2, 0.25) is 0 Å². The van der Waals surface area contributed by atoms with Crippen LogP contribution in [-0.2, 0) is 23.3 Å². The number of benzene rings is 3. The summed E-state index contributed by atoms with van der Waals surface area (Å²) in [6, 6.07) is 27.8. The van der Waals surface area contributed by atoms with E-state index in [-0.39, 0.29) is 11.9 Å². The summed E-state index contributed by atoms with van der Waals surface area (Å²) >= 11 is 0. The number of piperazine rings is 1. The second-order valence-electron chi connectivity index (χ2n) is 9.62. The van der Waals surface area contributed by atoms with Crippen LogP contribution in [0.4, 0.5) is 4.79 Å². The van der Waals surface area contributed by atoms with Gasteiger partial charge in [-0.05, 0) is 23.6 Å². The van der Waals surface area contributed by atoms with Gasteiger partial charge in [-0.2, -0.15) is 0 Å². The van der Waals surface area contributed by atoms with E-state index in [1.807, 2.05) is 60.7 Å². The highest BCUT2D eigenvalue weighted by molar-refractivity contribution is 6.07. The van der Waals surface area contributed by atoms with E-state index in [1.165, 1.54) is 16.0 Å². The van der Waals surface area contributed by atoms with Gasteiger partial charge in [0.1, 0.15) is 0 Å². The first-order valence-electron chi connectivity index (χ1n) is 12.3. The summed E-state index contributed by atoms with van der Waals surface area (Å²) in [7, 11) is 0. The number of imide groups is 1. The molecular weight excluding hydrogens is 436 g/mol.